The third kappa shape index (κ3) is 1.94. The molecule has 0 N–H and O–H groups in total. The summed E-state index contributed by atoms with van der Waals surface area (Å²) < 4.78 is 37.3. The Morgan fingerprint density at radius 1 is 1.27 bits per heavy atom. The predicted molar refractivity (Wildman–Crippen MR) is 53.0 cm³/mol. The SMILES string of the molecule is CN1CCCc2cc(C(F)(F)F)ccc21. The molecule has 0 spiro atoms. The Bertz CT molecular complexity index is 371. The van der Waals surface area contributed by atoms with Crippen LogP contribution in [0, 0.1) is 0 Å². The third-order valence-corrected chi connectivity index (χ3v) is 2.76. The summed E-state index contributed by atoms with van der Waals surface area (Å²) in [5.74, 6) is 0. The highest BCUT2D eigenvalue weighted by Gasteiger charge is 2.31. The van der Waals surface area contributed by atoms with E-state index in [4.69, 9.17) is 0 Å². The highest BCUT2D eigenvalue weighted by atomic mass is 19.4. The fourth-order valence-corrected chi connectivity index (χ4v) is 1.96. The Labute approximate surface area is 86.5 Å². The summed E-state index contributed by atoms with van der Waals surface area (Å²) in [4.78, 5) is 2.00. The van der Waals surface area contributed by atoms with Gasteiger partial charge in [-0.2, -0.15) is 13.2 Å². The maximum atomic E-state index is 12.4. The molecule has 1 nitrogen and oxygen atoms in total. The molecule has 0 bridgehead atoms. The molecule has 0 saturated carbocycles. The number of rotatable bonds is 0. The highest BCUT2D eigenvalue weighted by molar-refractivity contribution is 5.56. The van der Waals surface area contributed by atoms with Gasteiger partial charge in [0.1, 0.15) is 0 Å². The molecule has 4 heteroatoms. The largest absolute Gasteiger partial charge is 0.416 e. The number of hydrogen-bond acceptors (Lipinski definition) is 1. The molecular weight excluding hydrogens is 203 g/mol. The van der Waals surface area contributed by atoms with E-state index in [-0.39, 0.29) is 0 Å². The molecule has 1 aliphatic rings. The molecule has 0 radical (unpaired) electrons. The summed E-state index contributed by atoms with van der Waals surface area (Å²) >= 11 is 0. The molecule has 15 heavy (non-hydrogen) atoms. The van der Waals surface area contributed by atoms with Crippen LogP contribution in [-0.4, -0.2) is 13.6 Å². The number of fused-ring (bicyclic) bond motifs is 1. The molecule has 1 aromatic carbocycles. The zero-order valence-electron chi connectivity index (χ0n) is 8.43. The van der Waals surface area contributed by atoms with Crippen LogP contribution < -0.4 is 4.90 Å². The number of halogens is 3. The Morgan fingerprint density at radius 2 is 2.00 bits per heavy atom. The van der Waals surface area contributed by atoms with Crippen molar-refractivity contribution in [2.45, 2.75) is 19.0 Å². The number of benzene rings is 1. The van der Waals surface area contributed by atoms with E-state index in [1.165, 1.54) is 6.07 Å². The van der Waals surface area contributed by atoms with Gasteiger partial charge in [-0.15, -0.1) is 0 Å². The second-order valence-electron chi connectivity index (χ2n) is 3.87. The zero-order chi connectivity index (χ0) is 11.1. The van der Waals surface area contributed by atoms with Crippen molar-refractivity contribution in [3.8, 4) is 0 Å². The van der Waals surface area contributed by atoms with E-state index in [1.54, 1.807) is 6.07 Å². The van der Waals surface area contributed by atoms with Gasteiger partial charge < -0.3 is 4.90 Å². The molecule has 1 aromatic rings. The first-order valence-corrected chi connectivity index (χ1v) is 4.90. The summed E-state index contributed by atoms with van der Waals surface area (Å²) in [6.07, 6.45) is -2.57. The number of alkyl halides is 3. The molecule has 1 heterocycles. The number of nitrogens with zero attached hydrogens (tertiary/aromatic N) is 1. The van der Waals surface area contributed by atoms with Crippen LogP contribution in [0.25, 0.3) is 0 Å². The van der Waals surface area contributed by atoms with Gasteiger partial charge in [0.25, 0.3) is 0 Å². The second kappa shape index (κ2) is 3.43. The quantitative estimate of drug-likeness (QED) is 0.642. The van der Waals surface area contributed by atoms with E-state index in [0.717, 1.165) is 36.7 Å². The van der Waals surface area contributed by atoms with Gasteiger partial charge in [0, 0.05) is 19.3 Å². The molecular formula is C11H12F3N. The van der Waals surface area contributed by atoms with Gasteiger partial charge in [-0.05, 0) is 36.6 Å². The molecule has 1 aliphatic heterocycles. The van der Waals surface area contributed by atoms with Crippen LogP contribution in [0.3, 0.4) is 0 Å². The van der Waals surface area contributed by atoms with Gasteiger partial charge in [0.2, 0.25) is 0 Å². The summed E-state index contributed by atoms with van der Waals surface area (Å²) in [5, 5.41) is 0. The van der Waals surface area contributed by atoms with Crippen molar-refractivity contribution in [3.05, 3.63) is 29.3 Å². The van der Waals surface area contributed by atoms with Crippen LogP contribution >= 0.6 is 0 Å². The smallest absolute Gasteiger partial charge is 0.374 e. The van der Waals surface area contributed by atoms with Crippen LogP contribution in [-0.2, 0) is 12.6 Å². The lowest BCUT2D eigenvalue weighted by molar-refractivity contribution is -0.137. The molecule has 2 rings (SSSR count). The maximum Gasteiger partial charge on any atom is 0.416 e. The minimum Gasteiger partial charge on any atom is -0.374 e. The Kier molecular flexibility index (Phi) is 2.37. The number of aryl methyl sites for hydroxylation is 1. The molecule has 0 fully saturated rings. The minimum absolute atomic E-state index is 0.545. The number of anilines is 1. The zero-order valence-corrected chi connectivity index (χ0v) is 8.43. The first-order chi connectivity index (χ1) is 6.98. The molecule has 0 aliphatic carbocycles. The van der Waals surface area contributed by atoms with Crippen LogP contribution in [0.4, 0.5) is 18.9 Å². The summed E-state index contributed by atoms with van der Waals surface area (Å²) in [6, 6.07) is 3.99. The third-order valence-electron chi connectivity index (χ3n) is 2.76. The van der Waals surface area contributed by atoms with E-state index in [1.807, 2.05) is 11.9 Å². The fourth-order valence-electron chi connectivity index (χ4n) is 1.96. The summed E-state index contributed by atoms with van der Waals surface area (Å²) in [5.41, 5.74) is 1.18. The Balaban J connectivity index is 2.42. The summed E-state index contributed by atoms with van der Waals surface area (Å²) in [6.45, 7) is 0.915. The maximum absolute atomic E-state index is 12.4. The van der Waals surface area contributed by atoms with Crippen LogP contribution in [0.2, 0.25) is 0 Å². The molecule has 0 atom stereocenters. The topological polar surface area (TPSA) is 3.24 Å². The lowest BCUT2D eigenvalue weighted by Gasteiger charge is -2.28. The molecule has 0 saturated heterocycles. The normalized spacial score (nSPS) is 16.4. The van der Waals surface area contributed by atoms with Crippen molar-refractivity contribution in [3.63, 3.8) is 0 Å². The first kappa shape index (κ1) is 10.3. The summed E-state index contributed by atoms with van der Waals surface area (Å²) in [7, 11) is 1.91. The van der Waals surface area contributed by atoms with Crippen LogP contribution in [0.15, 0.2) is 18.2 Å². The minimum atomic E-state index is -4.23. The van der Waals surface area contributed by atoms with Gasteiger partial charge in [0.05, 0.1) is 5.56 Å². The van der Waals surface area contributed by atoms with Crippen molar-refractivity contribution < 1.29 is 13.2 Å². The lowest BCUT2D eigenvalue weighted by atomic mass is 9.99. The van der Waals surface area contributed by atoms with Crippen molar-refractivity contribution in [2.75, 3.05) is 18.5 Å². The fraction of sp³-hybridized carbons (Fsp3) is 0.455. The molecule has 0 amide bonds. The van der Waals surface area contributed by atoms with E-state index in [9.17, 15) is 13.2 Å². The number of hydrogen-bond donors (Lipinski definition) is 0. The van der Waals surface area contributed by atoms with Crippen molar-refractivity contribution in [2.24, 2.45) is 0 Å². The van der Waals surface area contributed by atoms with Gasteiger partial charge in [0.15, 0.2) is 0 Å². The molecule has 0 aromatic heterocycles. The van der Waals surface area contributed by atoms with Crippen molar-refractivity contribution >= 4 is 5.69 Å². The Morgan fingerprint density at radius 3 is 2.67 bits per heavy atom. The standard InChI is InChI=1S/C11H12F3N/c1-15-6-2-3-8-7-9(11(12,13)14)4-5-10(8)15/h4-5,7H,2-3,6H2,1H3. The Hall–Kier alpha value is -1.19. The van der Waals surface area contributed by atoms with Gasteiger partial charge >= 0.3 is 6.18 Å². The van der Waals surface area contributed by atoms with E-state index >= 15 is 0 Å². The van der Waals surface area contributed by atoms with E-state index in [0.29, 0.717) is 0 Å². The monoisotopic (exact) mass is 215 g/mol. The second-order valence-corrected chi connectivity index (χ2v) is 3.87. The van der Waals surface area contributed by atoms with Gasteiger partial charge in [-0.1, -0.05) is 0 Å². The van der Waals surface area contributed by atoms with Gasteiger partial charge in [-0.25, -0.2) is 0 Å². The van der Waals surface area contributed by atoms with Crippen LogP contribution in [0.5, 0.6) is 0 Å². The van der Waals surface area contributed by atoms with Crippen LogP contribution in [0.1, 0.15) is 17.5 Å². The van der Waals surface area contributed by atoms with E-state index < -0.39 is 11.7 Å². The van der Waals surface area contributed by atoms with Crippen molar-refractivity contribution in [1.29, 1.82) is 0 Å². The van der Waals surface area contributed by atoms with Crippen molar-refractivity contribution in [1.82, 2.24) is 0 Å². The molecule has 0 unspecified atom stereocenters. The first-order valence-electron chi connectivity index (χ1n) is 4.90. The lowest BCUT2D eigenvalue weighted by Crippen LogP contribution is -2.25. The molecule has 82 valence electrons. The predicted octanol–water partition coefficient (Wildman–Crippen LogP) is 3.09. The average molecular weight is 215 g/mol. The van der Waals surface area contributed by atoms with Gasteiger partial charge in [-0.3, -0.25) is 0 Å². The van der Waals surface area contributed by atoms with E-state index in [2.05, 4.69) is 0 Å². The highest BCUT2D eigenvalue weighted by Crippen LogP contribution is 2.34. The average Bonchev–Trinajstić information content (AvgIpc) is 2.16.